The molecule has 2 aromatic rings. The summed E-state index contributed by atoms with van der Waals surface area (Å²) in [6.45, 7) is 5.01. The third-order valence-corrected chi connectivity index (χ3v) is 6.90. The first-order valence-corrected chi connectivity index (χ1v) is 11.0. The maximum Gasteiger partial charge on any atom is 0.250 e. The van der Waals surface area contributed by atoms with Crippen LogP contribution in [0.3, 0.4) is 0 Å². The lowest BCUT2D eigenvalue weighted by molar-refractivity contribution is -0.0628. The van der Waals surface area contributed by atoms with Crippen LogP contribution in [-0.4, -0.2) is 35.4 Å². The molecular formula is C21H23ClF3N3S. The van der Waals surface area contributed by atoms with E-state index in [1.807, 2.05) is 5.51 Å². The van der Waals surface area contributed by atoms with E-state index in [1.165, 1.54) is 6.07 Å². The molecule has 4 rings (SSSR count). The summed E-state index contributed by atoms with van der Waals surface area (Å²) in [6.07, 6.45) is 1.93. The van der Waals surface area contributed by atoms with Gasteiger partial charge in [-0.25, -0.2) is 18.2 Å². The van der Waals surface area contributed by atoms with Crippen molar-refractivity contribution < 1.29 is 13.2 Å². The van der Waals surface area contributed by atoms with E-state index < -0.39 is 11.7 Å². The smallest absolute Gasteiger partial charge is 0.250 e. The Morgan fingerprint density at radius 2 is 2.07 bits per heavy atom. The molecule has 1 saturated heterocycles. The number of likely N-dealkylation sites (tertiary alicyclic amines) is 1. The Bertz CT molecular complexity index is 867. The van der Waals surface area contributed by atoms with Crippen molar-refractivity contribution in [3.05, 3.63) is 57.3 Å². The Labute approximate surface area is 177 Å². The van der Waals surface area contributed by atoms with Crippen LogP contribution in [0.15, 0.2) is 30.3 Å². The van der Waals surface area contributed by atoms with E-state index in [2.05, 4.69) is 21.8 Å². The maximum absolute atomic E-state index is 14.2. The number of halogens is 4. The summed E-state index contributed by atoms with van der Waals surface area (Å²) in [7, 11) is 0. The number of piperidine rings is 1. The molecule has 1 aromatic carbocycles. The number of rotatable bonds is 7. The predicted octanol–water partition coefficient (Wildman–Crippen LogP) is 5.85. The SMILES string of the molecule is C=C(NCC(c1scnc1C1CC1)N1CCC(F)(F)CC1)c1c(F)cccc1Cl. The molecule has 8 heteroatoms. The molecule has 2 aliphatic rings. The fraction of sp³-hybridized carbons (Fsp3) is 0.476. The molecule has 1 saturated carbocycles. The van der Waals surface area contributed by atoms with Gasteiger partial charge in [0.1, 0.15) is 5.82 Å². The topological polar surface area (TPSA) is 28.2 Å². The molecule has 1 atom stereocenters. The van der Waals surface area contributed by atoms with Gasteiger partial charge < -0.3 is 5.32 Å². The van der Waals surface area contributed by atoms with Crippen molar-refractivity contribution in [3.63, 3.8) is 0 Å². The first kappa shape index (κ1) is 20.7. The number of aromatic nitrogens is 1. The van der Waals surface area contributed by atoms with E-state index in [1.54, 1.807) is 23.5 Å². The maximum atomic E-state index is 14.2. The monoisotopic (exact) mass is 441 g/mol. The van der Waals surface area contributed by atoms with Crippen LogP contribution < -0.4 is 5.32 Å². The largest absolute Gasteiger partial charge is 0.383 e. The van der Waals surface area contributed by atoms with Crippen molar-refractivity contribution in [2.24, 2.45) is 0 Å². The van der Waals surface area contributed by atoms with Crippen molar-refractivity contribution in [2.45, 2.75) is 43.6 Å². The van der Waals surface area contributed by atoms with E-state index in [9.17, 15) is 13.2 Å². The van der Waals surface area contributed by atoms with Crippen molar-refractivity contribution in [1.82, 2.24) is 15.2 Å². The van der Waals surface area contributed by atoms with Crippen molar-refractivity contribution >= 4 is 28.6 Å². The normalized spacial score (nSPS) is 20.4. The minimum atomic E-state index is -2.61. The summed E-state index contributed by atoms with van der Waals surface area (Å²) in [5, 5.41) is 3.49. The highest BCUT2D eigenvalue weighted by molar-refractivity contribution is 7.09. The van der Waals surface area contributed by atoms with Gasteiger partial charge in [0.25, 0.3) is 5.92 Å². The van der Waals surface area contributed by atoms with Gasteiger partial charge in [0.15, 0.2) is 0 Å². The number of hydrogen-bond donors (Lipinski definition) is 1. The third-order valence-electron chi connectivity index (χ3n) is 5.63. The zero-order chi connectivity index (χ0) is 20.6. The van der Waals surface area contributed by atoms with Gasteiger partial charge >= 0.3 is 0 Å². The Morgan fingerprint density at radius 3 is 2.72 bits per heavy atom. The molecule has 29 heavy (non-hydrogen) atoms. The van der Waals surface area contributed by atoms with Crippen LogP contribution in [0.4, 0.5) is 13.2 Å². The highest BCUT2D eigenvalue weighted by Gasteiger charge is 2.39. The molecule has 156 valence electrons. The second-order valence-corrected chi connectivity index (χ2v) is 9.03. The zero-order valence-electron chi connectivity index (χ0n) is 15.9. The molecule has 1 unspecified atom stereocenters. The number of alkyl halides is 2. The molecule has 2 fully saturated rings. The molecule has 0 bridgehead atoms. The summed E-state index contributed by atoms with van der Waals surface area (Å²) in [4.78, 5) is 7.74. The number of nitrogens with one attached hydrogen (secondary N) is 1. The van der Waals surface area contributed by atoms with Gasteiger partial charge in [-0.1, -0.05) is 24.2 Å². The minimum absolute atomic E-state index is 0.114. The highest BCUT2D eigenvalue weighted by atomic mass is 35.5. The third kappa shape index (κ3) is 4.62. The van der Waals surface area contributed by atoms with Crippen LogP contribution in [0.1, 0.15) is 53.8 Å². The van der Waals surface area contributed by atoms with Gasteiger partial charge in [-0.05, 0) is 25.0 Å². The molecular weight excluding hydrogens is 419 g/mol. The van der Waals surface area contributed by atoms with Gasteiger partial charge in [0.2, 0.25) is 0 Å². The Kier molecular flexibility index (Phi) is 5.91. The number of thiazole rings is 1. The molecule has 1 aromatic heterocycles. The zero-order valence-corrected chi connectivity index (χ0v) is 17.5. The second kappa shape index (κ2) is 8.28. The predicted molar refractivity (Wildman–Crippen MR) is 111 cm³/mol. The second-order valence-electron chi connectivity index (χ2n) is 7.74. The lowest BCUT2D eigenvalue weighted by Crippen LogP contribution is -2.44. The molecule has 0 spiro atoms. The van der Waals surface area contributed by atoms with E-state index >= 15 is 0 Å². The molecule has 1 aliphatic carbocycles. The van der Waals surface area contributed by atoms with Gasteiger partial charge in [0.05, 0.1) is 27.8 Å². The lowest BCUT2D eigenvalue weighted by atomic mass is 10.0. The van der Waals surface area contributed by atoms with Crippen molar-refractivity contribution in [3.8, 4) is 0 Å². The summed E-state index contributed by atoms with van der Waals surface area (Å²) in [5.41, 5.74) is 3.54. The molecule has 1 aliphatic heterocycles. The number of hydrogen-bond acceptors (Lipinski definition) is 4. The van der Waals surface area contributed by atoms with E-state index in [0.717, 1.165) is 23.4 Å². The summed E-state index contributed by atoms with van der Waals surface area (Å²) in [6, 6.07) is 4.39. The van der Waals surface area contributed by atoms with Crippen LogP contribution in [-0.2, 0) is 0 Å². The van der Waals surface area contributed by atoms with Gasteiger partial charge in [0, 0.05) is 49.0 Å². The number of benzene rings is 1. The van der Waals surface area contributed by atoms with E-state index in [4.69, 9.17) is 11.6 Å². The Morgan fingerprint density at radius 1 is 1.34 bits per heavy atom. The number of nitrogens with zero attached hydrogens (tertiary/aromatic N) is 2. The molecule has 1 N–H and O–H groups in total. The van der Waals surface area contributed by atoms with E-state index in [-0.39, 0.29) is 29.5 Å². The van der Waals surface area contributed by atoms with Crippen molar-refractivity contribution in [2.75, 3.05) is 19.6 Å². The average Bonchev–Trinajstić information content (AvgIpc) is 3.40. The Balaban J connectivity index is 1.54. The summed E-state index contributed by atoms with van der Waals surface area (Å²) >= 11 is 7.72. The summed E-state index contributed by atoms with van der Waals surface area (Å²) in [5.74, 6) is -2.58. The van der Waals surface area contributed by atoms with Gasteiger partial charge in [-0.15, -0.1) is 11.3 Å². The highest BCUT2D eigenvalue weighted by Crippen LogP contribution is 2.45. The van der Waals surface area contributed by atoms with Crippen LogP contribution >= 0.6 is 22.9 Å². The van der Waals surface area contributed by atoms with Gasteiger partial charge in [-0.3, -0.25) is 4.90 Å². The first-order chi connectivity index (χ1) is 13.9. The molecule has 0 amide bonds. The van der Waals surface area contributed by atoms with Crippen LogP contribution in [0.25, 0.3) is 5.70 Å². The molecule has 3 nitrogen and oxygen atoms in total. The molecule has 0 radical (unpaired) electrons. The quantitative estimate of drug-likeness (QED) is 0.584. The van der Waals surface area contributed by atoms with Gasteiger partial charge in [-0.2, -0.15) is 0 Å². The standard InChI is InChI=1S/C21H23ClF3N3S/c1-13(18-15(22)3-2-4-16(18)23)26-11-17(28-9-7-21(24,25)8-10-28)20-19(14-5-6-14)27-12-29-20/h2-4,12,14,17,26H,1,5-11H2. The fourth-order valence-corrected chi connectivity index (χ4v) is 5.11. The molecule has 2 heterocycles. The lowest BCUT2D eigenvalue weighted by Gasteiger charge is -2.37. The summed E-state index contributed by atoms with van der Waals surface area (Å²) < 4.78 is 41.6. The average molecular weight is 442 g/mol. The van der Waals surface area contributed by atoms with Crippen LogP contribution in [0, 0.1) is 5.82 Å². The van der Waals surface area contributed by atoms with Crippen LogP contribution in [0.2, 0.25) is 5.02 Å². The fourth-order valence-electron chi connectivity index (χ4n) is 3.82. The first-order valence-electron chi connectivity index (χ1n) is 9.78. The van der Waals surface area contributed by atoms with Crippen LogP contribution in [0.5, 0.6) is 0 Å². The van der Waals surface area contributed by atoms with Crippen molar-refractivity contribution in [1.29, 1.82) is 0 Å². The van der Waals surface area contributed by atoms with E-state index in [0.29, 0.717) is 31.2 Å². The minimum Gasteiger partial charge on any atom is -0.383 e. The Hall–Kier alpha value is -1.57.